The number of nitrogens with one attached hydrogen (secondary N) is 1. The van der Waals surface area contributed by atoms with Crippen molar-refractivity contribution in [2.75, 3.05) is 0 Å². The molecule has 0 saturated heterocycles. The number of aryl methyl sites for hydroxylation is 2. The Morgan fingerprint density at radius 2 is 2.38 bits per heavy atom. The number of halogens is 2. The van der Waals surface area contributed by atoms with E-state index in [1.165, 1.54) is 21.8 Å². The minimum atomic E-state index is -0.484. The molecule has 0 aliphatic heterocycles. The van der Waals surface area contributed by atoms with Crippen LogP contribution in [0.3, 0.4) is 0 Å². The highest BCUT2D eigenvalue weighted by atomic mass is 79.9. The highest BCUT2D eigenvalue weighted by molar-refractivity contribution is 9.10. The largest absolute Gasteiger partial charge is 0.271 e. The SMILES string of the molecule is CCn1ncc(/C=N\NC(=O)Cn2cc(Br)c(C)n2)c1F. The first-order valence-corrected chi connectivity index (χ1v) is 7.03. The van der Waals surface area contributed by atoms with E-state index in [9.17, 15) is 9.18 Å². The molecule has 9 heteroatoms. The van der Waals surface area contributed by atoms with Crippen LogP contribution in [0, 0.1) is 12.9 Å². The number of hydrazone groups is 1. The summed E-state index contributed by atoms with van der Waals surface area (Å²) < 4.78 is 17.1. The van der Waals surface area contributed by atoms with Crippen molar-refractivity contribution in [3.63, 3.8) is 0 Å². The van der Waals surface area contributed by atoms with Gasteiger partial charge in [0, 0.05) is 12.7 Å². The number of carbonyl (C=O) groups excluding carboxylic acids is 1. The lowest BCUT2D eigenvalue weighted by molar-refractivity contribution is -0.121. The van der Waals surface area contributed by atoms with Crippen LogP contribution < -0.4 is 5.43 Å². The van der Waals surface area contributed by atoms with Crippen LogP contribution in [0.25, 0.3) is 0 Å². The lowest BCUT2D eigenvalue weighted by Gasteiger charge is -1.99. The minimum Gasteiger partial charge on any atom is -0.271 e. The van der Waals surface area contributed by atoms with Crippen LogP contribution >= 0.6 is 15.9 Å². The second kappa shape index (κ2) is 6.61. The van der Waals surface area contributed by atoms with E-state index in [1.807, 2.05) is 6.92 Å². The zero-order valence-corrected chi connectivity index (χ0v) is 13.1. The van der Waals surface area contributed by atoms with E-state index in [0.29, 0.717) is 6.54 Å². The summed E-state index contributed by atoms with van der Waals surface area (Å²) >= 11 is 3.31. The number of aromatic nitrogens is 4. The Kier molecular flexibility index (Phi) is 4.84. The normalized spacial score (nSPS) is 11.2. The molecule has 0 saturated carbocycles. The van der Waals surface area contributed by atoms with Gasteiger partial charge in [-0.3, -0.25) is 9.48 Å². The molecule has 2 aromatic heterocycles. The van der Waals surface area contributed by atoms with Gasteiger partial charge >= 0.3 is 0 Å². The van der Waals surface area contributed by atoms with E-state index in [0.717, 1.165) is 10.2 Å². The predicted octanol–water partition coefficient (Wildman–Crippen LogP) is 1.46. The molecule has 0 atom stereocenters. The van der Waals surface area contributed by atoms with Crippen molar-refractivity contribution in [3.8, 4) is 0 Å². The quantitative estimate of drug-likeness (QED) is 0.650. The van der Waals surface area contributed by atoms with Gasteiger partial charge < -0.3 is 0 Å². The molecule has 1 N–H and O–H groups in total. The van der Waals surface area contributed by atoms with Gasteiger partial charge in [0.15, 0.2) is 0 Å². The monoisotopic (exact) mass is 356 g/mol. The van der Waals surface area contributed by atoms with Crippen LogP contribution in [0.2, 0.25) is 0 Å². The topological polar surface area (TPSA) is 77.1 Å². The molecular formula is C12H14BrFN6O. The molecule has 0 unspecified atom stereocenters. The van der Waals surface area contributed by atoms with Crippen molar-refractivity contribution < 1.29 is 9.18 Å². The first kappa shape index (κ1) is 15.4. The lowest BCUT2D eigenvalue weighted by Crippen LogP contribution is -2.23. The number of amides is 1. The number of carbonyl (C=O) groups is 1. The summed E-state index contributed by atoms with van der Waals surface area (Å²) in [5.74, 6) is -0.841. The van der Waals surface area contributed by atoms with Gasteiger partial charge in [-0.05, 0) is 29.8 Å². The molecule has 1 amide bonds. The van der Waals surface area contributed by atoms with Crippen molar-refractivity contribution in [2.45, 2.75) is 26.9 Å². The van der Waals surface area contributed by atoms with Gasteiger partial charge in [-0.2, -0.15) is 19.7 Å². The molecule has 7 nitrogen and oxygen atoms in total. The summed E-state index contributed by atoms with van der Waals surface area (Å²) in [6.45, 7) is 4.06. The Morgan fingerprint density at radius 1 is 1.62 bits per heavy atom. The van der Waals surface area contributed by atoms with Crippen molar-refractivity contribution in [2.24, 2.45) is 5.10 Å². The van der Waals surface area contributed by atoms with Crippen LogP contribution in [0.4, 0.5) is 4.39 Å². The Balaban J connectivity index is 1.91. The smallest absolute Gasteiger partial charge is 0.261 e. The molecule has 112 valence electrons. The number of hydrogen-bond donors (Lipinski definition) is 1. The van der Waals surface area contributed by atoms with E-state index < -0.39 is 5.95 Å². The Hall–Kier alpha value is -2.03. The molecule has 0 aromatic carbocycles. The average Bonchev–Trinajstić information content (AvgIpc) is 2.93. The van der Waals surface area contributed by atoms with E-state index in [4.69, 9.17) is 0 Å². The summed E-state index contributed by atoms with van der Waals surface area (Å²) in [4.78, 5) is 11.7. The first-order chi connectivity index (χ1) is 10.0. The van der Waals surface area contributed by atoms with Gasteiger partial charge in [0.1, 0.15) is 6.54 Å². The average molecular weight is 357 g/mol. The zero-order chi connectivity index (χ0) is 15.4. The molecule has 0 bridgehead atoms. The van der Waals surface area contributed by atoms with Gasteiger partial charge in [0.05, 0.1) is 28.1 Å². The van der Waals surface area contributed by atoms with Gasteiger partial charge in [-0.15, -0.1) is 0 Å². The predicted molar refractivity (Wildman–Crippen MR) is 78.3 cm³/mol. The molecule has 0 fully saturated rings. The third kappa shape index (κ3) is 3.75. The Labute approximate surface area is 129 Å². The third-order valence-electron chi connectivity index (χ3n) is 2.69. The molecule has 2 aromatic rings. The van der Waals surface area contributed by atoms with Crippen LogP contribution in [0.1, 0.15) is 18.2 Å². The summed E-state index contributed by atoms with van der Waals surface area (Å²) in [6, 6.07) is 0. The molecule has 0 spiro atoms. The van der Waals surface area contributed by atoms with Crippen molar-refractivity contribution in [1.29, 1.82) is 0 Å². The highest BCUT2D eigenvalue weighted by Gasteiger charge is 2.08. The van der Waals surface area contributed by atoms with Crippen molar-refractivity contribution in [1.82, 2.24) is 25.0 Å². The van der Waals surface area contributed by atoms with Crippen molar-refractivity contribution >= 4 is 28.1 Å². The second-order valence-electron chi connectivity index (χ2n) is 4.26. The Bertz CT molecular complexity index is 658. The number of rotatable bonds is 5. The zero-order valence-electron chi connectivity index (χ0n) is 11.5. The summed E-state index contributed by atoms with van der Waals surface area (Å²) in [5.41, 5.74) is 3.32. The second-order valence-corrected chi connectivity index (χ2v) is 5.11. The molecule has 21 heavy (non-hydrogen) atoms. The third-order valence-corrected chi connectivity index (χ3v) is 3.46. The fourth-order valence-corrected chi connectivity index (χ4v) is 1.94. The van der Waals surface area contributed by atoms with E-state index in [1.54, 1.807) is 13.1 Å². The fourth-order valence-electron chi connectivity index (χ4n) is 1.62. The van der Waals surface area contributed by atoms with E-state index in [2.05, 4.69) is 36.7 Å². The Morgan fingerprint density at radius 3 is 2.95 bits per heavy atom. The summed E-state index contributed by atoms with van der Waals surface area (Å²) in [7, 11) is 0. The standard InChI is InChI=1S/C12H14BrFN6O/c1-3-20-12(14)9(5-16-20)4-15-17-11(21)7-19-6-10(13)8(2)18-19/h4-6H,3,7H2,1-2H3,(H,17,21)/b15-4-. The maximum Gasteiger partial charge on any atom is 0.261 e. The molecule has 0 aliphatic carbocycles. The molecule has 0 aliphatic rings. The minimum absolute atomic E-state index is 0.0283. The lowest BCUT2D eigenvalue weighted by atomic mass is 10.4. The highest BCUT2D eigenvalue weighted by Crippen LogP contribution is 2.12. The summed E-state index contributed by atoms with van der Waals surface area (Å²) in [5, 5.41) is 11.7. The van der Waals surface area contributed by atoms with Crippen LogP contribution in [0.15, 0.2) is 22.0 Å². The maximum absolute atomic E-state index is 13.6. The number of nitrogens with zero attached hydrogens (tertiary/aromatic N) is 5. The van der Waals surface area contributed by atoms with Gasteiger partial charge in [-0.1, -0.05) is 0 Å². The van der Waals surface area contributed by atoms with E-state index in [-0.39, 0.29) is 18.0 Å². The summed E-state index contributed by atoms with van der Waals surface area (Å²) in [6.07, 6.45) is 4.27. The van der Waals surface area contributed by atoms with Crippen LogP contribution in [-0.2, 0) is 17.9 Å². The number of hydrogen-bond acceptors (Lipinski definition) is 4. The first-order valence-electron chi connectivity index (χ1n) is 6.24. The van der Waals surface area contributed by atoms with Gasteiger partial charge in [-0.25, -0.2) is 10.1 Å². The maximum atomic E-state index is 13.6. The van der Waals surface area contributed by atoms with Crippen molar-refractivity contribution in [3.05, 3.63) is 34.1 Å². The van der Waals surface area contributed by atoms with Gasteiger partial charge in [0.25, 0.3) is 5.91 Å². The van der Waals surface area contributed by atoms with Crippen LogP contribution in [-0.4, -0.2) is 31.7 Å². The fraction of sp³-hybridized carbons (Fsp3) is 0.333. The van der Waals surface area contributed by atoms with Gasteiger partial charge in [0.2, 0.25) is 5.95 Å². The van der Waals surface area contributed by atoms with Crippen LogP contribution in [0.5, 0.6) is 0 Å². The molecule has 2 heterocycles. The van der Waals surface area contributed by atoms with E-state index >= 15 is 0 Å². The molecule has 0 radical (unpaired) electrons. The molecular weight excluding hydrogens is 343 g/mol. The molecule has 2 rings (SSSR count).